The summed E-state index contributed by atoms with van der Waals surface area (Å²) in [6.07, 6.45) is -1.24. The third-order valence-corrected chi connectivity index (χ3v) is 4.76. The molecule has 0 radical (unpaired) electrons. The summed E-state index contributed by atoms with van der Waals surface area (Å²) in [5.74, 6) is -1.35. The van der Waals surface area contributed by atoms with Crippen LogP contribution >= 0.6 is 22.9 Å². The Morgan fingerprint density at radius 1 is 1.38 bits per heavy atom. The monoisotopic (exact) mass is 407 g/mol. The van der Waals surface area contributed by atoms with Crippen LogP contribution in [0.25, 0.3) is 0 Å². The molecule has 5 nitrogen and oxygen atoms in total. The first-order valence-electron chi connectivity index (χ1n) is 7.59. The Kier molecular flexibility index (Phi) is 6.85. The second-order valence-electron chi connectivity index (χ2n) is 5.84. The van der Waals surface area contributed by atoms with Crippen molar-refractivity contribution in [1.29, 1.82) is 0 Å². The number of nitrogens with zero attached hydrogens (tertiary/aromatic N) is 2. The summed E-state index contributed by atoms with van der Waals surface area (Å²) in [5, 5.41) is 2.50. The highest BCUT2D eigenvalue weighted by atomic mass is 35.5. The number of alkyl halides is 2. The maximum absolute atomic E-state index is 13.3. The Hall–Kier alpha value is -1.84. The van der Waals surface area contributed by atoms with E-state index in [9.17, 15) is 22.8 Å². The Bertz CT molecular complexity index is 832. The first kappa shape index (κ1) is 20.5. The molecule has 0 saturated carbocycles. The Morgan fingerprint density at radius 3 is 2.62 bits per heavy atom. The Morgan fingerprint density at radius 2 is 2.08 bits per heavy atom. The lowest BCUT2D eigenvalue weighted by atomic mass is 10.2. The molecule has 0 unspecified atom stereocenters. The summed E-state index contributed by atoms with van der Waals surface area (Å²) in [6.45, 7) is -0.246. The predicted octanol–water partition coefficient (Wildman–Crippen LogP) is 3.32. The number of rotatable bonds is 7. The maximum atomic E-state index is 13.3. The lowest BCUT2D eigenvalue weighted by molar-refractivity contribution is 0.103. The molecule has 0 aromatic carbocycles. The summed E-state index contributed by atoms with van der Waals surface area (Å²) in [4.78, 5) is 26.4. The molecule has 0 fully saturated rings. The minimum absolute atomic E-state index is 0.0361. The number of pyridine rings is 1. The van der Waals surface area contributed by atoms with Gasteiger partial charge in [0, 0.05) is 18.3 Å². The molecular weight excluding hydrogens is 391 g/mol. The van der Waals surface area contributed by atoms with E-state index < -0.39 is 30.3 Å². The molecular formula is C16H17ClF3N3O2S. The normalized spacial score (nSPS) is 11.4. The molecule has 0 aliphatic carbocycles. The van der Waals surface area contributed by atoms with Crippen molar-refractivity contribution in [3.63, 3.8) is 0 Å². The van der Waals surface area contributed by atoms with E-state index >= 15 is 0 Å². The van der Waals surface area contributed by atoms with Gasteiger partial charge >= 0.3 is 0 Å². The molecule has 0 bridgehead atoms. The van der Waals surface area contributed by atoms with Crippen LogP contribution in [0.3, 0.4) is 0 Å². The highest BCUT2D eigenvalue weighted by Gasteiger charge is 2.16. The average molecular weight is 408 g/mol. The number of thiophene rings is 1. The highest BCUT2D eigenvalue weighted by Crippen LogP contribution is 2.26. The van der Waals surface area contributed by atoms with Crippen molar-refractivity contribution >= 4 is 34.5 Å². The fraction of sp³-hybridized carbons (Fsp3) is 0.375. The summed E-state index contributed by atoms with van der Waals surface area (Å²) in [6, 6.07) is 2.43. The van der Waals surface area contributed by atoms with Gasteiger partial charge in [-0.25, -0.2) is 13.2 Å². The molecule has 2 aromatic heterocycles. The van der Waals surface area contributed by atoms with E-state index in [1.54, 1.807) is 0 Å². The summed E-state index contributed by atoms with van der Waals surface area (Å²) < 4.78 is 39.5. The first-order valence-corrected chi connectivity index (χ1v) is 8.79. The molecule has 142 valence electrons. The molecule has 0 spiro atoms. The van der Waals surface area contributed by atoms with Gasteiger partial charge in [0.05, 0.1) is 17.1 Å². The molecule has 0 aliphatic heterocycles. The summed E-state index contributed by atoms with van der Waals surface area (Å²) in [5.41, 5.74) is -0.0585. The Balaban J connectivity index is 2.32. The van der Waals surface area contributed by atoms with Gasteiger partial charge in [-0.3, -0.25) is 9.59 Å². The number of aromatic nitrogens is 1. The van der Waals surface area contributed by atoms with Crippen LogP contribution in [0, 0.1) is 5.82 Å². The van der Waals surface area contributed by atoms with Crippen molar-refractivity contribution in [2.75, 3.05) is 26.0 Å². The summed E-state index contributed by atoms with van der Waals surface area (Å²) >= 11 is 6.37. The molecule has 2 aromatic rings. The zero-order valence-electron chi connectivity index (χ0n) is 14.1. The van der Waals surface area contributed by atoms with E-state index in [4.69, 9.17) is 11.6 Å². The van der Waals surface area contributed by atoms with Crippen LogP contribution in [-0.2, 0) is 13.0 Å². The number of hydrogen-bond donors (Lipinski definition) is 1. The SMILES string of the molecule is CN(C)CCc1cc(NC(=O)c2cc(F)c(Cl)s2)cn(CC(F)F)c1=O. The van der Waals surface area contributed by atoms with Gasteiger partial charge in [-0.2, -0.15) is 0 Å². The number of nitrogens with one attached hydrogen (secondary N) is 1. The van der Waals surface area contributed by atoms with Crippen molar-refractivity contribution in [2.45, 2.75) is 19.4 Å². The quantitative estimate of drug-likeness (QED) is 0.766. The largest absolute Gasteiger partial charge is 0.320 e. The van der Waals surface area contributed by atoms with Gasteiger partial charge in [0.15, 0.2) is 5.82 Å². The molecule has 2 heterocycles. The van der Waals surface area contributed by atoms with Gasteiger partial charge in [0.25, 0.3) is 17.9 Å². The van der Waals surface area contributed by atoms with Gasteiger partial charge < -0.3 is 14.8 Å². The fourth-order valence-electron chi connectivity index (χ4n) is 2.22. The van der Waals surface area contributed by atoms with Gasteiger partial charge in [-0.05, 0) is 32.6 Å². The Labute approximate surface area is 157 Å². The van der Waals surface area contributed by atoms with E-state index in [0.717, 1.165) is 28.2 Å². The van der Waals surface area contributed by atoms with Gasteiger partial charge in [-0.1, -0.05) is 11.6 Å². The van der Waals surface area contributed by atoms with E-state index in [-0.39, 0.29) is 14.9 Å². The molecule has 0 aliphatic rings. The zero-order valence-corrected chi connectivity index (χ0v) is 15.6. The van der Waals surface area contributed by atoms with Crippen molar-refractivity contribution in [3.05, 3.63) is 49.3 Å². The van der Waals surface area contributed by atoms with Crippen molar-refractivity contribution in [1.82, 2.24) is 9.47 Å². The lowest BCUT2D eigenvalue weighted by Crippen LogP contribution is -2.29. The van der Waals surface area contributed by atoms with E-state index in [1.165, 1.54) is 6.07 Å². The van der Waals surface area contributed by atoms with Crippen LogP contribution < -0.4 is 10.9 Å². The highest BCUT2D eigenvalue weighted by molar-refractivity contribution is 7.18. The second kappa shape index (κ2) is 8.70. The first-order chi connectivity index (χ1) is 12.2. The molecule has 26 heavy (non-hydrogen) atoms. The van der Waals surface area contributed by atoms with E-state index in [2.05, 4.69) is 5.32 Å². The molecule has 1 N–H and O–H groups in total. The fourth-order valence-corrected chi connectivity index (χ4v) is 3.18. The van der Waals surface area contributed by atoms with Gasteiger partial charge in [0.2, 0.25) is 0 Å². The van der Waals surface area contributed by atoms with Crippen molar-refractivity contribution in [3.8, 4) is 0 Å². The standard InChI is InChI=1S/C16H17ClF3N3O2S/c1-22(2)4-3-9-5-10(7-23(16(9)25)8-13(19)20)21-15(24)12-6-11(18)14(17)26-12/h5-7,13H,3-4,8H2,1-2H3,(H,21,24). The van der Waals surface area contributed by atoms with Crippen LogP contribution in [-0.4, -0.2) is 42.4 Å². The molecule has 10 heteroatoms. The minimum Gasteiger partial charge on any atom is -0.320 e. The van der Waals surface area contributed by atoms with Gasteiger partial charge in [0.1, 0.15) is 4.34 Å². The number of anilines is 1. The molecule has 1 amide bonds. The number of likely N-dealkylation sites (N-methyl/N-ethyl adjacent to an activating group) is 1. The van der Waals surface area contributed by atoms with Crippen LogP contribution in [0.1, 0.15) is 15.2 Å². The second-order valence-corrected chi connectivity index (χ2v) is 7.50. The maximum Gasteiger partial charge on any atom is 0.265 e. The van der Waals surface area contributed by atoms with Crippen LogP contribution in [0.2, 0.25) is 4.34 Å². The van der Waals surface area contributed by atoms with Crippen LogP contribution in [0.5, 0.6) is 0 Å². The predicted molar refractivity (Wildman–Crippen MR) is 96.2 cm³/mol. The third-order valence-electron chi connectivity index (χ3n) is 3.45. The van der Waals surface area contributed by atoms with Gasteiger partial charge in [-0.15, -0.1) is 11.3 Å². The number of carbonyl (C=O) groups excluding carboxylic acids is 1. The third kappa shape index (κ3) is 5.33. The van der Waals surface area contributed by atoms with Crippen molar-refractivity contribution < 1.29 is 18.0 Å². The number of halogens is 4. The molecule has 0 atom stereocenters. The number of hydrogen-bond acceptors (Lipinski definition) is 4. The molecule has 0 saturated heterocycles. The average Bonchev–Trinajstić information content (AvgIpc) is 2.88. The van der Waals surface area contributed by atoms with E-state index in [0.29, 0.717) is 18.5 Å². The topological polar surface area (TPSA) is 54.3 Å². The van der Waals surface area contributed by atoms with E-state index in [1.807, 2.05) is 19.0 Å². The smallest absolute Gasteiger partial charge is 0.265 e. The number of carbonyl (C=O) groups is 1. The minimum atomic E-state index is -2.72. The van der Waals surface area contributed by atoms with Crippen LogP contribution in [0.15, 0.2) is 23.1 Å². The lowest BCUT2D eigenvalue weighted by Gasteiger charge is -2.14. The molecule has 2 rings (SSSR count). The zero-order chi connectivity index (χ0) is 19.4. The van der Waals surface area contributed by atoms with Crippen molar-refractivity contribution in [2.24, 2.45) is 0 Å². The van der Waals surface area contributed by atoms with Crippen LogP contribution in [0.4, 0.5) is 18.9 Å². The summed E-state index contributed by atoms with van der Waals surface area (Å²) in [7, 11) is 3.64. The number of amides is 1.